The summed E-state index contributed by atoms with van der Waals surface area (Å²) >= 11 is 0. The summed E-state index contributed by atoms with van der Waals surface area (Å²) in [5.41, 5.74) is 1.21. The molecule has 0 radical (unpaired) electrons. The fraction of sp³-hybridized carbons (Fsp3) is 0.682. The molecule has 6 heteroatoms. The molecular weight excluding hydrogens is 358 g/mol. The quantitative estimate of drug-likeness (QED) is 0.551. The summed E-state index contributed by atoms with van der Waals surface area (Å²) in [7, 11) is 1.37. The highest BCUT2D eigenvalue weighted by Gasteiger charge is 2.53. The fourth-order valence-corrected chi connectivity index (χ4v) is 5.03. The Balaban J connectivity index is 1.93. The van der Waals surface area contributed by atoms with E-state index in [0.717, 1.165) is 44.2 Å². The standard InChI is InChI=1S/C22H31NO5/c1-28-21(27)22-12-7-3-6-10-18(22)23(13-11-16-8-4-2-5-9-16)20(26)17(15-22)14-19(24)25/h8,10,17H,2-7,9,11-15H2,1H3,(H,24,25)/t17-,22-/m0/s1. The van der Waals surface area contributed by atoms with Gasteiger partial charge in [0, 0.05) is 12.2 Å². The summed E-state index contributed by atoms with van der Waals surface area (Å²) in [5.74, 6) is -2.20. The number of hydrogen-bond donors (Lipinski definition) is 1. The van der Waals surface area contributed by atoms with Crippen LogP contribution in [0.4, 0.5) is 0 Å². The van der Waals surface area contributed by atoms with Crippen LogP contribution >= 0.6 is 0 Å². The number of piperidine rings is 1. The van der Waals surface area contributed by atoms with Gasteiger partial charge in [0.25, 0.3) is 0 Å². The highest BCUT2D eigenvalue weighted by Crippen LogP contribution is 2.49. The summed E-state index contributed by atoms with van der Waals surface area (Å²) in [6.07, 6.45) is 12.8. The predicted molar refractivity (Wildman–Crippen MR) is 104 cm³/mol. The molecule has 0 spiro atoms. The first-order chi connectivity index (χ1) is 13.5. The smallest absolute Gasteiger partial charge is 0.317 e. The van der Waals surface area contributed by atoms with Gasteiger partial charge in [0.15, 0.2) is 0 Å². The molecule has 28 heavy (non-hydrogen) atoms. The number of methoxy groups -OCH3 is 1. The van der Waals surface area contributed by atoms with Crippen LogP contribution in [0.15, 0.2) is 23.4 Å². The molecule has 1 saturated heterocycles. The number of allylic oxidation sites excluding steroid dienone is 2. The van der Waals surface area contributed by atoms with Crippen LogP contribution in [0, 0.1) is 11.3 Å². The monoisotopic (exact) mass is 389 g/mol. The molecule has 3 rings (SSSR count). The topological polar surface area (TPSA) is 83.9 Å². The molecule has 0 unspecified atom stereocenters. The van der Waals surface area contributed by atoms with E-state index in [1.807, 2.05) is 6.08 Å². The number of ether oxygens (including phenoxy) is 1. The Morgan fingerprint density at radius 3 is 2.64 bits per heavy atom. The molecule has 1 fully saturated rings. The van der Waals surface area contributed by atoms with Crippen LogP contribution in [0.1, 0.15) is 70.6 Å². The van der Waals surface area contributed by atoms with E-state index < -0.39 is 17.3 Å². The van der Waals surface area contributed by atoms with Crippen molar-refractivity contribution in [1.82, 2.24) is 4.90 Å². The molecule has 2 atom stereocenters. The first kappa shape index (κ1) is 20.6. The number of carbonyl (C=O) groups is 3. The molecule has 6 nitrogen and oxygen atoms in total. The summed E-state index contributed by atoms with van der Waals surface area (Å²) in [4.78, 5) is 39.2. The van der Waals surface area contributed by atoms with Gasteiger partial charge in [-0.2, -0.15) is 0 Å². The minimum absolute atomic E-state index is 0.161. The van der Waals surface area contributed by atoms with Gasteiger partial charge in [-0.05, 0) is 57.8 Å². The molecule has 154 valence electrons. The third-order valence-electron chi connectivity index (χ3n) is 6.43. The first-order valence-corrected chi connectivity index (χ1v) is 10.5. The van der Waals surface area contributed by atoms with Gasteiger partial charge in [-0.25, -0.2) is 0 Å². The van der Waals surface area contributed by atoms with Crippen molar-refractivity contribution in [2.24, 2.45) is 11.3 Å². The number of carboxylic acid groups (broad SMARTS) is 1. The second-order valence-electron chi connectivity index (χ2n) is 8.26. The third-order valence-corrected chi connectivity index (χ3v) is 6.43. The van der Waals surface area contributed by atoms with Crippen LogP contribution < -0.4 is 0 Å². The largest absolute Gasteiger partial charge is 0.481 e. The van der Waals surface area contributed by atoms with Crippen molar-refractivity contribution in [3.8, 4) is 0 Å². The van der Waals surface area contributed by atoms with Gasteiger partial charge in [-0.15, -0.1) is 0 Å². The van der Waals surface area contributed by atoms with Crippen molar-refractivity contribution in [2.75, 3.05) is 13.7 Å². The highest BCUT2D eigenvalue weighted by molar-refractivity contribution is 5.91. The van der Waals surface area contributed by atoms with Gasteiger partial charge in [0.1, 0.15) is 5.41 Å². The average molecular weight is 389 g/mol. The van der Waals surface area contributed by atoms with E-state index in [2.05, 4.69) is 6.08 Å². The van der Waals surface area contributed by atoms with Crippen molar-refractivity contribution < 1.29 is 24.2 Å². The van der Waals surface area contributed by atoms with E-state index in [0.29, 0.717) is 13.0 Å². The molecule has 0 aromatic rings. The van der Waals surface area contributed by atoms with Gasteiger partial charge in [0.2, 0.25) is 5.91 Å². The molecule has 3 aliphatic rings. The Labute approximate surface area is 166 Å². The molecule has 1 N–H and O–H groups in total. The third kappa shape index (κ3) is 4.15. The lowest BCUT2D eigenvalue weighted by atomic mass is 9.69. The van der Waals surface area contributed by atoms with E-state index in [9.17, 15) is 19.5 Å². The van der Waals surface area contributed by atoms with Crippen molar-refractivity contribution in [3.63, 3.8) is 0 Å². The molecular formula is C22H31NO5. The van der Waals surface area contributed by atoms with Gasteiger partial charge in [-0.3, -0.25) is 14.4 Å². The Hall–Kier alpha value is -2.11. The maximum absolute atomic E-state index is 13.2. The summed E-state index contributed by atoms with van der Waals surface area (Å²) in [6, 6.07) is 0. The van der Waals surface area contributed by atoms with Crippen LogP contribution in [0.25, 0.3) is 0 Å². The minimum atomic E-state index is -1.01. The zero-order valence-corrected chi connectivity index (χ0v) is 16.7. The van der Waals surface area contributed by atoms with Gasteiger partial charge < -0.3 is 14.7 Å². The van der Waals surface area contributed by atoms with E-state index in [1.54, 1.807) is 4.90 Å². The minimum Gasteiger partial charge on any atom is -0.481 e. The molecule has 1 heterocycles. The maximum atomic E-state index is 13.2. The Kier molecular flexibility index (Phi) is 6.57. The maximum Gasteiger partial charge on any atom is 0.317 e. The number of amides is 1. The lowest BCUT2D eigenvalue weighted by Crippen LogP contribution is -2.53. The number of carboxylic acids is 1. The lowest BCUT2D eigenvalue weighted by Gasteiger charge is -2.46. The van der Waals surface area contributed by atoms with Crippen LogP contribution in [0.2, 0.25) is 0 Å². The Morgan fingerprint density at radius 1 is 1.21 bits per heavy atom. The predicted octanol–water partition coefficient (Wildman–Crippen LogP) is 3.82. The number of aliphatic carboxylic acids is 1. The van der Waals surface area contributed by atoms with E-state index >= 15 is 0 Å². The zero-order valence-electron chi connectivity index (χ0n) is 16.7. The van der Waals surface area contributed by atoms with Crippen molar-refractivity contribution in [2.45, 2.75) is 70.6 Å². The number of esters is 1. The van der Waals surface area contributed by atoms with Crippen molar-refractivity contribution in [1.29, 1.82) is 0 Å². The fourth-order valence-electron chi connectivity index (χ4n) is 5.03. The summed E-state index contributed by atoms with van der Waals surface area (Å²) in [6.45, 7) is 0.505. The van der Waals surface area contributed by atoms with Crippen LogP contribution in [-0.4, -0.2) is 41.5 Å². The molecule has 0 saturated carbocycles. The van der Waals surface area contributed by atoms with Crippen LogP contribution in [0.3, 0.4) is 0 Å². The lowest BCUT2D eigenvalue weighted by molar-refractivity contribution is -0.160. The summed E-state index contributed by atoms with van der Waals surface area (Å²) < 4.78 is 5.16. The number of likely N-dealkylation sites (tertiary alicyclic amines) is 1. The second-order valence-corrected chi connectivity index (χ2v) is 8.26. The molecule has 0 bridgehead atoms. The van der Waals surface area contributed by atoms with E-state index in [-0.39, 0.29) is 24.7 Å². The first-order valence-electron chi connectivity index (χ1n) is 10.5. The van der Waals surface area contributed by atoms with Crippen LogP contribution in [-0.2, 0) is 19.1 Å². The SMILES string of the molecule is COC(=O)[C@]12CCCCC=C1N(CCC1=CCCCC1)C(=O)[C@@H](CC(=O)O)C2. The number of fused-ring (bicyclic) bond motifs is 1. The van der Waals surface area contributed by atoms with Crippen molar-refractivity contribution in [3.05, 3.63) is 23.4 Å². The number of hydrogen-bond acceptors (Lipinski definition) is 4. The Bertz CT molecular complexity index is 695. The van der Waals surface area contributed by atoms with Gasteiger partial charge in [0.05, 0.1) is 19.4 Å². The number of rotatable bonds is 6. The second kappa shape index (κ2) is 8.93. The summed E-state index contributed by atoms with van der Waals surface area (Å²) in [5, 5.41) is 9.32. The molecule has 0 aromatic heterocycles. The number of nitrogens with zero attached hydrogens (tertiary/aromatic N) is 1. The zero-order chi connectivity index (χ0) is 20.1. The highest BCUT2D eigenvalue weighted by atomic mass is 16.5. The molecule has 1 aliphatic heterocycles. The van der Waals surface area contributed by atoms with Gasteiger partial charge >= 0.3 is 11.9 Å². The van der Waals surface area contributed by atoms with Crippen LogP contribution in [0.5, 0.6) is 0 Å². The van der Waals surface area contributed by atoms with Gasteiger partial charge in [-0.1, -0.05) is 24.1 Å². The van der Waals surface area contributed by atoms with E-state index in [1.165, 1.54) is 25.5 Å². The Morgan fingerprint density at radius 2 is 1.96 bits per heavy atom. The molecule has 0 aromatic carbocycles. The normalized spacial score (nSPS) is 28.0. The molecule has 2 aliphatic carbocycles. The average Bonchev–Trinajstić information content (AvgIpc) is 2.91. The van der Waals surface area contributed by atoms with Crippen molar-refractivity contribution >= 4 is 17.8 Å². The number of carbonyl (C=O) groups excluding carboxylic acids is 2. The molecule has 1 amide bonds. The van der Waals surface area contributed by atoms with E-state index in [4.69, 9.17) is 4.74 Å².